The van der Waals surface area contributed by atoms with Crippen molar-refractivity contribution in [3.63, 3.8) is 0 Å². The summed E-state index contributed by atoms with van der Waals surface area (Å²) in [7, 11) is 0. The summed E-state index contributed by atoms with van der Waals surface area (Å²) in [6.45, 7) is 10.9. The SMILES string of the molecule is CC1(C)C[C@H](NC[C@H](O)COC2CCOCC2)C(C)(C)O1. The molecule has 0 aromatic heterocycles. The fraction of sp³-hybridized carbons (Fsp3) is 1.00. The van der Waals surface area contributed by atoms with Crippen LogP contribution in [0.2, 0.25) is 0 Å². The molecule has 0 radical (unpaired) electrons. The van der Waals surface area contributed by atoms with Crippen LogP contribution >= 0.6 is 0 Å². The Hall–Kier alpha value is -0.200. The molecular weight excluding hydrogens is 270 g/mol. The number of ether oxygens (including phenoxy) is 3. The summed E-state index contributed by atoms with van der Waals surface area (Å²) in [5.41, 5.74) is -0.310. The van der Waals surface area contributed by atoms with Crippen LogP contribution in [0.4, 0.5) is 0 Å². The van der Waals surface area contributed by atoms with Gasteiger partial charge in [0.1, 0.15) is 0 Å². The Bertz CT molecular complexity index is 326. The summed E-state index contributed by atoms with van der Waals surface area (Å²) >= 11 is 0. The van der Waals surface area contributed by atoms with Crippen LogP contribution in [-0.2, 0) is 14.2 Å². The maximum Gasteiger partial charge on any atom is 0.0897 e. The molecule has 0 saturated carbocycles. The maximum absolute atomic E-state index is 10.1. The maximum atomic E-state index is 10.1. The average molecular weight is 301 g/mol. The van der Waals surface area contributed by atoms with Crippen molar-refractivity contribution in [1.82, 2.24) is 5.32 Å². The van der Waals surface area contributed by atoms with E-state index in [1.165, 1.54) is 0 Å². The van der Waals surface area contributed by atoms with Crippen molar-refractivity contribution < 1.29 is 19.3 Å². The number of aliphatic hydroxyl groups is 1. The van der Waals surface area contributed by atoms with Gasteiger partial charge in [0.2, 0.25) is 0 Å². The summed E-state index contributed by atoms with van der Waals surface area (Å²) in [6.07, 6.45) is 2.56. The number of nitrogens with one attached hydrogen (secondary N) is 1. The van der Waals surface area contributed by atoms with Gasteiger partial charge in [0, 0.05) is 25.8 Å². The molecule has 5 nitrogen and oxygen atoms in total. The molecular formula is C16H31NO4. The van der Waals surface area contributed by atoms with E-state index in [4.69, 9.17) is 14.2 Å². The lowest BCUT2D eigenvalue weighted by Gasteiger charge is -2.29. The van der Waals surface area contributed by atoms with E-state index in [0.29, 0.717) is 13.2 Å². The van der Waals surface area contributed by atoms with Crippen LogP contribution in [0.3, 0.4) is 0 Å². The summed E-state index contributed by atoms with van der Waals surface area (Å²) < 4.78 is 17.1. The van der Waals surface area contributed by atoms with Gasteiger partial charge in [0.15, 0.2) is 0 Å². The van der Waals surface area contributed by atoms with Crippen molar-refractivity contribution in [3.05, 3.63) is 0 Å². The molecule has 2 N–H and O–H groups in total. The third-order valence-corrected chi connectivity index (χ3v) is 4.37. The zero-order valence-corrected chi connectivity index (χ0v) is 13.9. The molecule has 2 rings (SSSR count). The molecule has 2 aliphatic heterocycles. The summed E-state index contributed by atoms with van der Waals surface area (Å²) in [6, 6.07) is 0.255. The van der Waals surface area contributed by atoms with E-state index >= 15 is 0 Å². The summed E-state index contributed by atoms with van der Waals surface area (Å²) in [5.74, 6) is 0. The molecule has 2 atom stereocenters. The minimum Gasteiger partial charge on any atom is -0.389 e. The third kappa shape index (κ3) is 5.18. The van der Waals surface area contributed by atoms with Crippen LogP contribution in [0.1, 0.15) is 47.0 Å². The number of aliphatic hydroxyl groups excluding tert-OH is 1. The van der Waals surface area contributed by atoms with Crippen molar-refractivity contribution in [2.45, 2.75) is 76.4 Å². The highest BCUT2D eigenvalue weighted by Crippen LogP contribution is 2.37. The Kier molecular flexibility index (Phi) is 5.65. The van der Waals surface area contributed by atoms with Gasteiger partial charge in [-0.2, -0.15) is 0 Å². The minimum atomic E-state index is -0.479. The van der Waals surface area contributed by atoms with Crippen LogP contribution in [0, 0.1) is 0 Å². The zero-order valence-electron chi connectivity index (χ0n) is 13.9. The highest BCUT2D eigenvalue weighted by molar-refractivity contribution is 4.99. The van der Waals surface area contributed by atoms with Gasteiger partial charge in [-0.25, -0.2) is 0 Å². The second-order valence-electron chi connectivity index (χ2n) is 7.43. The van der Waals surface area contributed by atoms with Crippen molar-refractivity contribution in [1.29, 1.82) is 0 Å². The van der Waals surface area contributed by atoms with Crippen LogP contribution in [-0.4, -0.2) is 60.9 Å². The molecule has 2 fully saturated rings. The monoisotopic (exact) mass is 301 g/mol. The molecule has 5 heteroatoms. The van der Waals surface area contributed by atoms with Gasteiger partial charge in [-0.15, -0.1) is 0 Å². The van der Waals surface area contributed by atoms with Gasteiger partial charge >= 0.3 is 0 Å². The van der Waals surface area contributed by atoms with Gasteiger partial charge in [-0.1, -0.05) is 0 Å². The number of hydrogen-bond donors (Lipinski definition) is 2. The van der Waals surface area contributed by atoms with E-state index in [2.05, 4.69) is 33.0 Å². The Labute approximate surface area is 128 Å². The van der Waals surface area contributed by atoms with E-state index in [1.54, 1.807) is 0 Å². The Morgan fingerprint density at radius 1 is 1.24 bits per heavy atom. The number of hydrogen-bond acceptors (Lipinski definition) is 5. The van der Waals surface area contributed by atoms with E-state index in [1.807, 2.05) is 0 Å². The first-order chi connectivity index (χ1) is 9.78. The molecule has 0 bridgehead atoms. The van der Waals surface area contributed by atoms with Crippen LogP contribution in [0.15, 0.2) is 0 Å². The molecule has 2 heterocycles. The lowest BCUT2D eigenvalue weighted by Crippen LogP contribution is -2.46. The first-order valence-electron chi connectivity index (χ1n) is 8.09. The first-order valence-corrected chi connectivity index (χ1v) is 8.09. The van der Waals surface area contributed by atoms with E-state index in [9.17, 15) is 5.11 Å². The van der Waals surface area contributed by atoms with Crippen LogP contribution < -0.4 is 5.32 Å². The van der Waals surface area contributed by atoms with Gasteiger partial charge < -0.3 is 24.6 Å². The second kappa shape index (κ2) is 6.92. The van der Waals surface area contributed by atoms with Crippen molar-refractivity contribution >= 4 is 0 Å². The lowest BCUT2D eigenvalue weighted by molar-refractivity contribution is -0.0728. The Morgan fingerprint density at radius 3 is 2.48 bits per heavy atom. The minimum absolute atomic E-state index is 0.106. The van der Waals surface area contributed by atoms with Crippen molar-refractivity contribution in [2.75, 3.05) is 26.4 Å². The summed E-state index contributed by atoms with van der Waals surface area (Å²) in [4.78, 5) is 0. The van der Waals surface area contributed by atoms with E-state index in [0.717, 1.165) is 32.5 Å². The topological polar surface area (TPSA) is 60.0 Å². The predicted octanol–water partition coefficient (Wildman–Crippen LogP) is 1.48. The fourth-order valence-electron chi connectivity index (χ4n) is 3.31. The highest BCUT2D eigenvalue weighted by atomic mass is 16.5. The van der Waals surface area contributed by atoms with Gasteiger partial charge in [0.05, 0.1) is 30.0 Å². The molecule has 0 aromatic carbocycles. The van der Waals surface area contributed by atoms with Gasteiger partial charge in [-0.3, -0.25) is 0 Å². The molecule has 0 aromatic rings. The fourth-order valence-corrected chi connectivity index (χ4v) is 3.31. The predicted molar refractivity (Wildman–Crippen MR) is 81.5 cm³/mol. The molecule has 124 valence electrons. The smallest absolute Gasteiger partial charge is 0.0897 e. The van der Waals surface area contributed by atoms with E-state index in [-0.39, 0.29) is 23.3 Å². The zero-order chi connectivity index (χ0) is 15.5. The molecule has 0 unspecified atom stereocenters. The Balaban J connectivity index is 1.67. The van der Waals surface area contributed by atoms with Gasteiger partial charge in [0.25, 0.3) is 0 Å². The normalized spacial score (nSPS) is 30.4. The van der Waals surface area contributed by atoms with Gasteiger partial charge in [-0.05, 0) is 47.0 Å². The molecule has 0 aliphatic carbocycles. The quantitative estimate of drug-likeness (QED) is 0.778. The Morgan fingerprint density at radius 2 is 1.90 bits per heavy atom. The largest absolute Gasteiger partial charge is 0.389 e. The standard InChI is InChI=1S/C16H31NO4/c1-15(2)9-14(16(3,4)21-15)17-10-12(18)11-20-13-5-7-19-8-6-13/h12-14,17-18H,5-11H2,1-4H3/t12-,14-/m0/s1. The average Bonchev–Trinajstić information content (AvgIpc) is 2.62. The lowest BCUT2D eigenvalue weighted by atomic mass is 9.94. The second-order valence-corrected chi connectivity index (χ2v) is 7.43. The third-order valence-electron chi connectivity index (χ3n) is 4.37. The molecule has 2 aliphatic rings. The highest BCUT2D eigenvalue weighted by Gasteiger charge is 2.45. The van der Waals surface area contributed by atoms with Crippen LogP contribution in [0.5, 0.6) is 0 Å². The van der Waals surface area contributed by atoms with E-state index < -0.39 is 6.10 Å². The molecule has 21 heavy (non-hydrogen) atoms. The first kappa shape index (κ1) is 17.2. The summed E-state index contributed by atoms with van der Waals surface area (Å²) in [5, 5.41) is 13.5. The van der Waals surface area contributed by atoms with Crippen molar-refractivity contribution in [3.8, 4) is 0 Å². The molecule has 0 spiro atoms. The number of rotatable bonds is 6. The van der Waals surface area contributed by atoms with Crippen molar-refractivity contribution in [2.24, 2.45) is 0 Å². The molecule has 2 saturated heterocycles. The van der Waals surface area contributed by atoms with Crippen LogP contribution in [0.25, 0.3) is 0 Å². The molecule has 0 amide bonds.